The summed E-state index contributed by atoms with van der Waals surface area (Å²) in [5.74, 6) is 2.33. The molecule has 0 saturated heterocycles. The maximum absolute atomic E-state index is 11.3. The number of terminal acetylenes is 1. The van der Waals surface area contributed by atoms with Crippen molar-refractivity contribution < 1.29 is 9.90 Å². The summed E-state index contributed by atoms with van der Waals surface area (Å²) in [6.45, 7) is 12.4. The summed E-state index contributed by atoms with van der Waals surface area (Å²) in [5, 5.41) is 10.6. The predicted molar refractivity (Wildman–Crippen MR) is 87.7 cm³/mol. The number of rotatable bonds is 3. The van der Waals surface area contributed by atoms with E-state index < -0.39 is 0 Å². The topological polar surface area (TPSA) is 37.3 Å². The van der Waals surface area contributed by atoms with E-state index in [1.165, 1.54) is 0 Å². The summed E-state index contributed by atoms with van der Waals surface area (Å²) in [4.78, 5) is 11.3. The van der Waals surface area contributed by atoms with Crippen molar-refractivity contribution in [2.24, 2.45) is 0 Å². The lowest BCUT2D eigenvalue weighted by molar-refractivity contribution is -0.113. The SMILES string of the molecule is C#CC(=O)CCc1cc(C(C)(C)C)c(O)c(C(C)(C)C)c1. The van der Waals surface area contributed by atoms with E-state index in [1.54, 1.807) is 0 Å². The van der Waals surface area contributed by atoms with Crippen LogP contribution < -0.4 is 0 Å². The van der Waals surface area contributed by atoms with Crippen LogP contribution in [0, 0.1) is 12.3 Å². The van der Waals surface area contributed by atoms with Gasteiger partial charge in [0.15, 0.2) is 0 Å². The molecule has 0 bridgehead atoms. The molecule has 1 aromatic carbocycles. The molecule has 114 valence electrons. The van der Waals surface area contributed by atoms with E-state index in [0.717, 1.165) is 16.7 Å². The first-order valence-electron chi connectivity index (χ1n) is 7.33. The molecule has 1 N–H and O–H groups in total. The summed E-state index contributed by atoms with van der Waals surface area (Å²) in [7, 11) is 0. The fraction of sp³-hybridized carbons (Fsp3) is 0.526. The maximum atomic E-state index is 11.3. The van der Waals surface area contributed by atoms with Crippen LogP contribution in [0.25, 0.3) is 0 Å². The van der Waals surface area contributed by atoms with Crippen LogP contribution in [0.3, 0.4) is 0 Å². The molecule has 0 unspecified atom stereocenters. The number of hydrogen-bond donors (Lipinski definition) is 1. The average molecular weight is 286 g/mol. The number of Topliss-reactive ketones (excluding diaryl/α,β-unsaturated/α-hetero) is 1. The Balaban J connectivity index is 3.35. The van der Waals surface area contributed by atoms with Gasteiger partial charge in [-0.15, -0.1) is 6.42 Å². The number of aromatic hydroxyl groups is 1. The third-order valence-corrected chi connectivity index (χ3v) is 3.59. The van der Waals surface area contributed by atoms with Crippen molar-refractivity contribution in [3.8, 4) is 18.1 Å². The summed E-state index contributed by atoms with van der Waals surface area (Å²) in [6, 6.07) is 3.99. The first-order valence-corrected chi connectivity index (χ1v) is 7.33. The van der Waals surface area contributed by atoms with Crippen molar-refractivity contribution in [1.29, 1.82) is 0 Å². The average Bonchev–Trinajstić information content (AvgIpc) is 2.34. The van der Waals surface area contributed by atoms with E-state index in [1.807, 2.05) is 12.1 Å². The Hall–Kier alpha value is -1.75. The highest BCUT2D eigenvalue weighted by molar-refractivity contribution is 5.94. The second-order valence-electron chi connectivity index (χ2n) is 7.61. The molecule has 0 atom stereocenters. The normalized spacial score (nSPS) is 12.0. The molecule has 0 aliphatic rings. The molecule has 0 radical (unpaired) electrons. The Morgan fingerprint density at radius 2 is 1.52 bits per heavy atom. The molecule has 0 spiro atoms. The van der Waals surface area contributed by atoms with Crippen LogP contribution in [-0.4, -0.2) is 10.9 Å². The third-order valence-electron chi connectivity index (χ3n) is 3.59. The molecule has 0 amide bonds. The van der Waals surface area contributed by atoms with Crippen LogP contribution in [0.15, 0.2) is 12.1 Å². The van der Waals surface area contributed by atoms with Crippen LogP contribution >= 0.6 is 0 Å². The van der Waals surface area contributed by atoms with Crippen LogP contribution in [0.2, 0.25) is 0 Å². The van der Waals surface area contributed by atoms with Gasteiger partial charge in [-0.2, -0.15) is 0 Å². The van der Waals surface area contributed by atoms with Crippen molar-refractivity contribution in [3.05, 3.63) is 28.8 Å². The largest absolute Gasteiger partial charge is 0.507 e. The minimum absolute atomic E-state index is 0.157. The number of carbonyl (C=O) groups excluding carboxylic acids is 1. The van der Waals surface area contributed by atoms with Gasteiger partial charge in [-0.25, -0.2) is 0 Å². The van der Waals surface area contributed by atoms with E-state index in [0.29, 0.717) is 18.6 Å². The van der Waals surface area contributed by atoms with Crippen LogP contribution in [0.1, 0.15) is 64.7 Å². The van der Waals surface area contributed by atoms with Crippen LogP contribution in [0.4, 0.5) is 0 Å². The smallest absolute Gasteiger partial charge is 0.205 e. The molecule has 0 heterocycles. The molecule has 0 saturated carbocycles. The van der Waals surface area contributed by atoms with Crippen molar-refractivity contribution in [2.45, 2.75) is 65.2 Å². The van der Waals surface area contributed by atoms with Crippen molar-refractivity contribution >= 4 is 5.78 Å². The van der Waals surface area contributed by atoms with Crippen molar-refractivity contribution in [2.75, 3.05) is 0 Å². The first kappa shape index (κ1) is 17.3. The van der Waals surface area contributed by atoms with E-state index in [-0.39, 0.29) is 16.6 Å². The Bertz CT molecular complexity index is 540. The second-order valence-corrected chi connectivity index (χ2v) is 7.61. The van der Waals surface area contributed by atoms with Gasteiger partial charge in [-0.05, 0) is 39.9 Å². The molecule has 2 heteroatoms. The molecule has 2 nitrogen and oxygen atoms in total. The summed E-state index contributed by atoms with van der Waals surface area (Å²) >= 11 is 0. The number of ketones is 1. The third kappa shape index (κ3) is 4.36. The highest BCUT2D eigenvalue weighted by Gasteiger charge is 2.26. The van der Waals surface area contributed by atoms with Crippen LogP contribution in [-0.2, 0) is 22.0 Å². The lowest BCUT2D eigenvalue weighted by Gasteiger charge is -2.28. The Morgan fingerprint density at radius 3 is 1.86 bits per heavy atom. The van der Waals surface area contributed by atoms with E-state index in [2.05, 4.69) is 47.5 Å². The molecular weight excluding hydrogens is 260 g/mol. The first-order chi connectivity index (χ1) is 9.46. The molecule has 0 aliphatic heterocycles. The monoisotopic (exact) mass is 286 g/mol. The van der Waals surface area contributed by atoms with Gasteiger partial charge in [0.25, 0.3) is 0 Å². The summed E-state index contributed by atoms with van der Waals surface area (Å²) in [5.41, 5.74) is 2.56. The number of carbonyl (C=O) groups is 1. The van der Waals surface area contributed by atoms with E-state index >= 15 is 0 Å². The Morgan fingerprint density at radius 1 is 1.10 bits per heavy atom. The van der Waals surface area contributed by atoms with Gasteiger partial charge < -0.3 is 5.11 Å². The molecule has 1 aromatic rings. The highest BCUT2D eigenvalue weighted by atomic mass is 16.3. The molecular formula is C19H26O2. The second kappa shape index (κ2) is 5.93. The lowest BCUT2D eigenvalue weighted by atomic mass is 9.78. The van der Waals surface area contributed by atoms with Gasteiger partial charge in [0.05, 0.1) is 0 Å². The van der Waals surface area contributed by atoms with Gasteiger partial charge in [0, 0.05) is 6.42 Å². The molecule has 0 aliphatic carbocycles. The Kier molecular flexibility index (Phi) is 4.89. The molecule has 0 aromatic heterocycles. The summed E-state index contributed by atoms with van der Waals surface area (Å²) in [6.07, 6.45) is 6.07. The zero-order chi connectivity index (χ0) is 16.4. The molecule has 1 rings (SSSR count). The van der Waals surface area contributed by atoms with Gasteiger partial charge in [0.2, 0.25) is 5.78 Å². The minimum atomic E-state index is -0.183. The number of phenols is 1. The van der Waals surface area contributed by atoms with E-state index in [4.69, 9.17) is 6.42 Å². The number of benzene rings is 1. The number of aryl methyl sites for hydroxylation is 1. The lowest BCUT2D eigenvalue weighted by Crippen LogP contribution is -2.18. The van der Waals surface area contributed by atoms with Crippen molar-refractivity contribution in [1.82, 2.24) is 0 Å². The van der Waals surface area contributed by atoms with Gasteiger partial charge in [0.1, 0.15) is 5.75 Å². The minimum Gasteiger partial charge on any atom is -0.507 e. The fourth-order valence-corrected chi connectivity index (χ4v) is 2.31. The zero-order valence-corrected chi connectivity index (χ0v) is 14.0. The Labute approximate surface area is 128 Å². The van der Waals surface area contributed by atoms with Gasteiger partial charge in [-0.3, -0.25) is 4.79 Å². The molecule has 21 heavy (non-hydrogen) atoms. The van der Waals surface area contributed by atoms with Crippen LogP contribution in [0.5, 0.6) is 5.75 Å². The highest BCUT2D eigenvalue weighted by Crippen LogP contribution is 2.39. The number of hydrogen-bond acceptors (Lipinski definition) is 2. The quantitative estimate of drug-likeness (QED) is 0.670. The number of phenolic OH excluding ortho intramolecular Hbond substituents is 1. The van der Waals surface area contributed by atoms with Gasteiger partial charge in [-0.1, -0.05) is 53.7 Å². The summed E-state index contributed by atoms with van der Waals surface area (Å²) < 4.78 is 0. The van der Waals surface area contributed by atoms with Gasteiger partial charge >= 0.3 is 0 Å². The zero-order valence-electron chi connectivity index (χ0n) is 14.0. The maximum Gasteiger partial charge on any atom is 0.205 e. The predicted octanol–water partition coefficient (Wildman–Crippen LogP) is 4.12. The van der Waals surface area contributed by atoms with Crippen molar-refractivity contribution in [3.63, 3.8) is 0 Å². The standard InChI is InChI=1S/C19H26O2/c1-8-14(20)10-9-13-11-15(18(2,3)4)17(21)16(12-13)19(5,6)7/h1,11-12,21H,9-10H2,2-7H3. The molecule has 0 fully saturated rings. The van der Waals surface area contributed by atoms with E-state index in [9.17, 15) is 9.90 Å². The fourth-order valence-electron chi connectivity index (χ4n) is 2.31.